The second-order valence-corrected chi connectivity index (χ2v) is 4.74. The van der Waals surface area contributed by atoms with E-state index < -0.39 is 11.8 Å². The van der Waals surface area contributed by atoms with Crippen LogP contribution < -0.4 is 5.32 Å². The van der Waals surface area contributed by atoms with E-state index in [2.05, 4.69) is 5.32 Å². The van der Waals surface area contributed by atoms with E-state index in [0.717, 1.165) is 16.8 Å². The number of carboxylic acids is 1. The summed E-state index contributed by atoms with van der Waals surface area (Å²) >= 11 is 0. The maximum atomic E-state index is 13.3. The molecule has 0 bridgehead atoms. The van der Waals surface area contributed by atoms with Crippen LogP contribution in [-0.2, 0) is 11.2 Å². The third-order valence-corrected chi connectivity index (χ3v) is 3.28. The number of carbonyl (C=O) groups is 1. The summed E-state index contributed by atoms with van der Waals surface area (Å²) in [7, 11) is 0. The molecule has 0 amide bonds. The maximum absolute atomic E-state index is 13.3. The first-order valence-corrected chi connectivity index (χ1v) is 6.31. The first kappa shape index (κ1) is 14.1. The number of anilines is 2. The highest BCUT2D eigenvalue weighted by molar-refractivity contribution is 5.75. The molecule has 104 valence electrons. The Kier molecular flexibility index (Phi) is 4.03. The normalized spacial score (nSPS) is 10.3. The van der Waals surface area contributed by atoms with Crippen molar-refractivity contribution in [1.82, 2.24) is 0 Å². The molecule has 0 aliphatic heterocycles. The van der Waals surface area contributed by atoms with Gasteiger partial charge in [-0.2, -0.15) is 0 Å². The average molecular weight is 273 g/mol. The zero-order valence-corrected chi connectivity index (χ0v) is 11.4. The molecular formula is C16H16FNO2. The van der Waals surface area contributed by atoms with Crippen LogP contribution in [0.25, 0.3) is 0 Å². The molecular weight excluding hydrogens is 257 g/mol. The number of rotatable bonds is 4. The van der Waals surface area contributed by atoms with Crippen molar-refractivity contribution in [2.45, 2.75) is 20.3 Å². The van der Waals surface area contributed by atoms with Gasteiger partial charge in [0.1, 0.15) is 5.82 Å². The summed E-state index contributed by atoms with van der Waals surface area (Å²) in [6, 6.07) is 9.97. The monoisotopic (exact) mass is 273 g/mol. The lowest BCUT2D eigenvalue weighted by atomic mass is 10.1. The van der Waals surface area contributed by atoms with Gasteiger partial charge in [0, 0.05) is 11.4 Å². The van der Waals surface area contributed by atoms with Crippen LogP contribution in [0.15, 0.2) is 36.4 Å². The van der Waals surface area contributed by atoms with E-state index in [0.29, 0.717) is 11.3 Å². The molecule has 0 saturated carbocycles. The molecule has 0 aliphatic carbocycles. The Bertz CT molecular complexity index is 653. The largest absolute Gasteiger partial charge is 0.481 e. The minimum Gasteiger partial charge on any atom is -0.481 e. The quantitative estimate of drug-likeness (QED) is 0.890. The lowest BCUT2D eigenvalue weighted by molar-refractivity contribution is -0.136. The van der Waals surface area contributed by atoms with Crippen molar-refractivity contribution in [2.75, 3.05) is 5.32 Å². The predicted molar refractivity (Wildman–Crippen MR) is 76.9 cm³/mol. The van der Waals surface area contributed by atoms with Gasteiger partial charge in [0.15, 0.2) is 0 Å². The maximum Gasteiger partial charge on any atom is 0.307 e. The number of carboxylic acid groups (broad SMARTS) is 1. The van der Waals surface area contributed by atoms with E-state index in [4.69, 9.17) is 5.11 Å². The number of nitrogens with one attached hydrogen (secondary N) is 1. The molecule has 0 aliphatic rings. The van der Waals surface area contributed by atoms with Gasteiger partial charge in [0.2, 0.25) is 0 Å². The minimum absolute atomic E-state index is 0.217. The third-order valence-electron chi connectivity index (χ3n) is 3.28. The van der Waals surface area contributed by atoms with Gasteiger partial charge >= 0.3 is 5.97 Å². The number of halogens is 1. The molecule has 2 aromatic rings. The van der Waals surface area contributed by atoms with Crippen LogP contribution in [0.2, 0.25) is 0 Å². The van der Waals surface area contributed by atoms with E-state index in [9.17, 15) is 9.18 Å². The first-order valence-electron chi connectivity index (χ1n) is 6.31. The van der Waals surface area contributed by atoms with Crippen molar-refractivity contribution in [2.24, 2.45) is 0 Å². The lowest BCUT2D eigenvalue weighted by Gasteiger charge is -2.14. The van der Waals surface area contributed by atoms with Crippen LogP contribution in [0, 0.1) is 19.7 Å². The highest BCUT2D eigenvalue weighted by atomic mass is 19.1. The van der Waals surface area contributed by atoms with Crippen molar-refractivity contribution in [3.63, 3.8) is 0 Å². The molecule has 0 fully saturated rings. The predicted octanol–water partition coefficient (Wildman–Crippen LogP) is 3.81. The molecule has 0 spiro atoms. The van der Waals surface area contributed by atoms with Gasteiger partial charge in [-0.15, -0.1) is 0 Å². The molecule has 3 nitrogen and oxygen atoms in total. The van der Waals surface area contributed by atoms with Gasteiger partial charge < -0.3 is 10.4 Å². The Morgan fingerprint density at radius 1 is 1.20 bits per heavy atom. The van der Waals surface area contributed by atoms with Crippen molar-refractivity contribution in [3.05, 3.63) is 58.9 Å². The number of aryl methyl sites for hydroxylation is 1. The fraction of sp³-hybridized carbons (Fsp3) is 0.188. The number of hydrogen-bond acceptors (Lipinski definition) is 2. The van der Waals surface area contributed by atoms with Crippen LogP contribution in [0.3, 0.4) is 0 Å². The molecule has 0 radical (unpaired) electrons. The number of benzene rings is 2. The number of aliphatic carboxylic acids is 1. The second kappa shape index (κ2) is 5.74. The molecule has 0 heterocycles. The summed E-state index contributed by atoms with van der Waals surface area (Å²) in [6.45, 7) is 3.99. The highest BCUT2D eigenvalue weighted by Crippen LogP contribution is 2.26. The summed E-state index contributed by atoms with van der Waals surface area (Å²) in [4.78, 5) is 10.9. The summed E-state index contributed by atoms with van der Waals surface area (Å²) < 4.78 is 13.3. The van der Waals surface area contributed by atoms with E-state index in [1.807, 2.05) is 32.0 Å². The van der Waals surface area contributed by atoms with E-state index in [1.165, 1.54) is 12.1 Å². The summed E-state index contributed by atoms with van der Waals surface area (Å²) in [6.07, 6.45) is -0.217. The van der Waals surface area contributed by atoms with E-state index in [1.54, 1.807) is 6.07 Å². The Labute approximate surface area is 117 Å². The van der Waals surface area contributed by atoms with E-state index in [-0.39, 0.29) is 6.42 Å². The fourth-order valence-corrected chi connectivity index (χ4v) is 2.03. The SMILES string of the molecule is Cc1cccc(Nc2ccc(F)cc2CC(=O)O)c1C. The highest BCUT2D eigenvalue weighted by Gasteiger charge is 2.10. The van der Waals surface area contributed by atoms with Crippen LogP contribution in [0.5, 0.6) is 0 Å². The van der Waals surface area contributed by atoms with Crippen LogP contribution in [0.1, 0.15) is 16.7 Å². The Hall–Kier alpha value is -2.36. The first-order chi connectivity index (χ1) is 9.47. The third kappa shape index (κ3) is 3.15. The second-order valence-electron chi connectivity index (χ2n) is 4.74. The van der Waals surface area contributed by atoms with Crippen molar-refractivity contribution >= 4 is 17.3 Å². The molecule has 0 unspecified atom stereocenters. The molecule has 0 aromatic heterocycles. The molecule has 4 heteroatoms. The summed E-state index contributed by atoms with van der Waals surface area (Å²) in [5.74, 6) is -1.42. The molecule has 2 rings (SSSR count). The molecule has 0 atom stereocenters. The Morgan fingerprint density at radius 2 is 1.95 bits per heavy atom. The van der Waals surface area contributed by atoms with Crippen LogP contribution >= 0.6 is 0 Å². The average Bonchev–Trinajstić information content (AvgIpc) is 2.37. The van der Waals surface area contributed by atoms with Gasteiger partial charge in [-0.1, -0.05) is 12.1 Å². The zero-order valence-electron chi connectivity index (χ0n) is 11.4. The zero-order chi connectivity index (χ0) is 14.7. The smallest absolute Gasteiger partial charge is 0.307 e. The lowest BCUT2D eigenvalue weighted by Crippen LogP contribution is -2.05. The van der Waals surface area contributed by atoms with Crippen LogP contribution in [0.4, 0.5) is 15.8 Å². The van der Waals surface area contributed by atoms with Crippen molar-refractivity contribution in [1.29, 1.82) is 0 Å². The fourth-order valence-electron chi connectivity index (χ4n) is 2.03. The van der Waals surface area contributed by atoms with Gasteiger partial charge in [0.25, 0.3) is 0 Å². The summed E-state index contributed by atoms with van der Waals surface area (Å²) in [5, 5.41) is 12.1. The molecule has 20 heavy (non-hydrogen) atoms. The van der Waals surface area contributed by atoms with Crippen molar-refractivity contribution < 1.29 is 14.3 Å². The molecule has 0 saturated heterocycles. The minimum atomic E-state index is -0.986. The summed E-state index contributed by atoms with van der Waals surface area (Å²) in [5.41, 5.74) is 4.15. The molecule has 2 aromatic carbocycles. The van der Waals surface area contributed by atoms with Gasteiger partial charge in [0.05, 0.1) is 6.42 Å². The Morgan fingerprint density at radius 3 is 2.65 bits per heavy atom. The van der Waals surface area contributed by atoms with Crippen LogP contribution in [-0.4, -0.2) is 11.1 Å². The van der Waals surface area contributed by atoms with Gasteiger partial charge in [-0.3, -0.25) is 4.79 Å². The van der Waals surface area contributed by atoms with Gasteiger partial charge in [-0.05, 0) is 54.8 Å². The standard InChI is InChI=1S/C16H16FNO2/c1-10-4-3-5-14(11(10)2)18-15-7-6-13(17)8-12(15)9-16(19)20/h3-8,18H,9H2,1-2H3,(H,19,20). The van der Waals surface area contributed by atoms with Crippen molar-refractivity contribution in [3.8, 4) is 0 Å². The van der Waals surface area contributed by atoms with E-state index >= 15 is 0 Å². The Balaban J connectivity index is 2.37. The topological polar surface area (TPSA) is 49.3 Å². The molecule has 2 N–H and O–H groups in total. The van der Waals surface area contributed by atoms with Gasteiger partial charge in [-0.25, -0.2) is 4.39 Å². The number of hydrogen-bond donors (Lipinski definition) is 2.